The molecular weight excluding hydrogens is 439 g/mol. The molecule has 1 aromatic carbocycles. The van der Waals surface area contributed by atoms with E-state index in [9.17, 15) is 8.42 Å². The first kappa shape index (κ1) is 23.0. The number of nitrogens with zero attached hydrogens (tertiary/aromatic N) is 2. The molecule has 0 aromatic heterocycles. The Morgan fingerprint density at radius 1 is 1.25 bits per heavy atom. The van der Waals surface area contributed by atoms with E-state index in [-0.39, 0.29) is 24.0 Å². The summed E-state index contributed by atoms with van der Waals surface area (Å²) in [6, 6.07) is 7.32. The molecule has 1 rings (SSSR count). The summed E-state index contributed by atoms with van der Waals surface area (Å²) in [4.78, 5) is 6.72. The fourth-order valence-corrected chi connectivity index (χ4v) is 2.69. The van der Waals surface area contributed by atoms with Gasteiger partial charge in [-0.15, -0.1) is 24.0 Å². The average Bonchev–Trinajstić information content (AvgIpc) is 2.48. The summed E-state index contributed by atoms with van der Waals surface area (Å²) in [6.45, 7) is 6.33. The second-order valence-electron chi connectivity index (χ2n) is 5.48. The number of sulfonamides is 1. The van der Waals surface area contributed by atoms with Crippen molar-refractivity contribution in [1.29, 1.82) is 0 Å². The van der Waals surface area contributed by atoms with E-state index in [0.29, 0.717) is 12.2 Å². The Morgan fingerprint density at radius 3 is 2.50 bits per heavy atom. The molecule has 0 bridgehead atoms. The van der Waals surface area contributed by atoms with Gasteiger partial charge in [-0.05, 0) is 25.0 Å². The van der Waals surface area contributed by atoms with Gasteiger partial charge in [0.25, 0.3) is 0 Å². The monoisotopic (exact) mass is 468 g/mol. The normalized spacial score (nSPS) is 11.6. The molecule has 0 aliphatic heterocycles. The van der Waals surface area contributed by atoms with Crippen molar-refractivity contribution in [2.24, 2.45) is 4.99 Å². The molecule has 6 nitrogen and oxygen atoms in total. The van der Waals surface area contributed by atoms with Gasteiger partial charge >= 0.3 is 0 Å². The second-order valence-corrected chi connectivity index (χ2v) is 7.23. The first-order valence-electron chi connectivity index (χ1n) is 7.92. The number of guanidine groups is 1. The van der Waals surface area contributed by atoms with E-state index in [0.717, 1.165) is 43.7 Å². The molecule has 0 saturated carbocycles. The van der Waals surface area contributed by atoms with Gasteiger partial charge < -0.3 is 10.2 Å². The molecule has 0 radical (unpaired) electrons. The van der Waals surface area contributed by atoms with Crippen molar-refractivity contribution in [2.75, 3.05) is 31.1 Å². The number of anilines is 1. The van der Waals surface area contributed by atoms with Crippen LogP contribution in [-0.2, 0) is 16.6 Å². The SMILES string of the molecule is CCCCN(C)C(=NCc1ccccc1NS(C)(=O)=O)NCC.I. The smallest absolute Gasteiger partial charge is 0.229 e. The minimum atomic E-state index is -3.30. The molecule has 0 spiro atoms. The maximum Gasteiger partial charge on any atom is 0.229 e. The molecule has 0 saturated heterocycles. The lowest BCUT2D eigenvalue weighted by Crippen LogP contribution is -2.39. The van der Waals surface area contributed by atoms with Crippen LogP contribution in [0, 0.1) is 0 Å². The lowest BCUT2D eigenvalue weighted by molar-refractivity contribution is 0.465. The highest BCUT2D eigenvalue weighted by Crippen LogP contribution is 2.17. The molecule has 138 valence electrons. The molecule has 2 N–H and O–H groups in total. The molecule has 0 aliphatic carbocycles. The zero-order valence-electron chi connectivity index (χ0n) is 14.9. The topological polar surface area (TPSA) is 73.8 Å². The van der Waals surface area contributed by atoms with Gasteiger partial charge in [-0.25, -0.2) is 13.4 Å². The lowest BCUT2D eigenvalue weighted by Gasteiger charge is -2.22. The van der Waals surface area contributed by atoms with E-state index in [1.807, 2.05) is 26.1 Å². The minimum absolute atomic E-state index is 0. The van der Waals surface area contributed by atoms with E-state index in [1.54, 1.807) is 12.1 Å². The summed E-state index contributed by atoms with van der Waals surface area (Å²) >= 11 is 0. The van der Waals surface area contributed by atoms with E-state index >= 15 is 0 Å². The zero-order chi connectivity index (χ0) is 17.3. The number of hydrogen-bond donors (Lipinski definition) is 2. The first-order valence-corrected chi connectivity index (χ1v) is 9.81. The van der Waals surface area contributed by atoms with Gasteiger partial charge in [-0.3, -0.25) is 4.72 Å². The average molecular weight is 468 g/mol. The Bertz CT molecular complexity index is 620. The summed E-state index contributed by atoms with van der Waals surface area (Å²) in [5.41, 5.74) is 1.42. The third kappa shape index (κ3) is 8.72. The van der Waals surface area contributed by atoms with Crippen molar-refractivity contribution in [3.05, 3.63) is 29.8 Å². The van der Waals surface area contributed by atoms with Crippen LogP contribution in [-0.4, -0.2) is 45.7 Å². The Morgan fingerprint density at radius 2 is 1.92 bits per heavy atom. The van der Waals surface area contributed by atoms with Gasteiger partial charge in [0.2, 0.25) is 10.0 Å². The molecule has 0 aliphatic rings. The molecule has 24 heavy (non-hydrogen) atoms. The molecule has 0 unspecified atom stereocenters. The molecule has 1 aromatic rings. The van der Waals surface area contributed by atoms with Crippen LogP contribution >= 0.6 is 24.0 Å². The van der Waals surface area contributed by atoms with Crippen LogP contribution in [0.2, 0.25) is 0 Å². The quantitative estimate of drug-likeness (QED) is 0.350. The van der Waals surface area contributed by atoms with Gasteiger partial charge in [0.1, 0.15) is 0 Å². The zero-order valence-corrected chi connectivity index (χ0v) is 18.0. The second kappa shape index (κ2) is 11.5. The first-order chi connectivity index (χ1) is 10.9. The minimum Gasteiger partial charge on any atom is -0.357 e. The Hall–Kier alpha value is -1.03. The molecule has 0 amide bonds. The van der Waals surface area contributed by atoms with E-state index in [4.69, 9.17) is 0 Å². The summed E-state index contributed by atoms with van der Waals surface area (Å²) in [6.07, 6.45) is 3.38. The standard InChI is InChI=1S/C16H28N4O2S.HI/c1-5-7-12-20(3)16(17-6-2)18-13-14-10-8-9-11-15(14)19-23(4,21)22;/h8-11,19H,5-7,12-13H2,1-4H3,(H,17,18);1H. The largest absolute Gasteiger partial charge is 0.357 e. The van der Waals surface area contributed by atoms with Crippen LogP contribution in [0.5, 0.6) is 0 Å². The van der Waals surface area contributed by atoms with Crippen LogP contribution in [0.4, 0.5) is 5.69 Å². The maximum absolute atomic E-state index is 11.5. The van der Waals surface area contributed by atoms with E-state index < -0.39 is 10.0 Å². The summed E-state index contributed by atoms with van der Waals surface area (Å²) in [5.74, 6) is 0.829. The van der Waals surface area contributed by atoms with Crippen LogP contribution < -0.4 is 10.0 Å². The molecule has 8 heteroatoms. The number of unbranched alkanes of at least 4 members (excludes halogenated alkanes) is 1. The van der Waals surface area contributed by atoms with Crippen LogP contribution in [0.15, 0.2) is 29.3 Å². The Labute approximate surface area is 163 Å². The molecule has 0 fully saturated rings. The van der Waals surface area contributed by atoms with Crippen LogP contribution in [0.3, 0.4) is 0 Å². The van der Waals surface area contributed by atoms with Crippen LogP contribution in [0.25, 0.3) is 0 Å². The summed E-state index contributed by atoms with van der Waals surface area (Å²) < 4.78 is 25.4. The number of aliphatic imine (C=N–C) groups is 1. The van der Waals surface area contributed by atoms with Crippen molar-refractivity contribution < 1.29 is 8.42 Å². The lowest BCUT2D eigenvalue weighted by atomic mass is 10.2. The predicted octanol–water partition coefficient (Wildman–Crippen LogP) is 2.87. The summed E-state index contributed by atoms with van der Waals surface area (Å²) in [5, 5.41) is 3.27. The fraction of sp³-hybridized carbons (Fsp3) is 0.562. The number of para-hydroxylation sites is 1. The van der Waals surface area contributed by atoms with Gasteiger partial charge in [-0.2, -0.15) is 0 Å². The van der Waals surface area contributed by atoms with Gasteiger partial charge in [0, 0.05) is 20.1 Å². The highest BCUT2D eigenvalue weighted by molar-refractivity contribution is 14.0. The number of nitrogens with one attached hydrogen (secondary N) is 2. The number of hydrogen-bond acceptors (Lipinski definition) is 3. The molecular formula is C16H29IN4O2S. The van der Waals surface area contributed by atoms with Crippen LogP contribution in [0.1, 0.15) is 32.3 Å². The van der Waals surface area contributed by atoms with Crippen molar-refractivity contribution in [1.82, 2.24) is 10.2 Å². The highest BCUT2D eigenvalue weighted by Gasteiger charge is 2.08. The van der Waals surface area contributed by atoms with Crippen molar-refractivity contribution in [3.8, 4) is 0 Å². The highest BCUT2D eigenvalue weighted by atomic mass is 127. The molecule has 0 heterocycles. The number of benzene rings is 1. The van der Waals surface area contributed by atoms with Gasteiger partial charge in [0.15, 0.2) is 5.96 Å². The van der Waals surface area contributed by atoms with E-state index in [2.05, 4.69) is 26.9 Å². The third-order valence-corrected chi connectivity index (χ3v) is 3.85. The van der Waals surface area contributed by atoms with E-state index in [1.165, 1.54) is 0 Å². The Kier molecular flexibility index (Phi) is 11.0. The molecule has 0 atom stereocenters. The Balaban J connectivity index is 0.00000529. The van der Waals surface area contributed by atoms with Gasteiger partial charge in [-0.1, -0.05) is 31.5 Å². The van der Waals surface area contributed by atoms with Gasteiger partial charge in [0.05, 0.1) is 18.5 Å². The predicted molar refractivity (Wildman–Crippen MR) is 113 cm³/mol. The van der Waals surface area contributed by atoms with Crippen molar-refractivity contribution in [2.45, 2.75) is 33.2 Å². The summed E-state index contributed by atoms with van der Waals surface area (Å²) in [7, 11) is -1.29. The van der Waals surface area contributed by atoms with Crippen molar-refractivity contribution in [3.63, 3.8) is 0 Å². The maximum atomic E-state index is 11.5. The number of rotatable bonds is 8. The third-order valence-electron chi connectivity index (χ3n) is 3.26. The fourth-order valence-electron chi connectivity index (χ4n) is 2.09. The number of halogens is 1. The van der Waals surface area contributed by atoms with Crippen molar-refractivity contribution >= 4 is 45.6 Å².